The summed E-state index contributed by atoms with van der Waals surface area (Å²) in [5, 5.41) is 0. The van der Waals surface area contributed by atoms with Crippen LogP contribution in [-0.4, -0.2) is 0 Å². The van der Waals surface area contributed by atoms with E-state index in [1.54, 1.807) is 0 Å². The monoisotopic (exact) mass is 126 g/mol. The summed E-state index contributed by atoms with van der Waals surface area (Å²) in [6.45, 7) is 8.28. The van der Waals surface area contributed by atoms with Crippen molar-refractivity contribution in [2.45, 2.75) is 39.5 Å². The molecule has 0 aliphatic rings. The quantitative estimate of drug-likeness (QED) is 0.496. The van der Waals surface area contributed by atoms with Crippen LogP contribution in [0.3, 0.4) is 0 Å². The Morgan fingerprint density at radius 2 is 2.22 bits per heavy atom. The Balaban J connectivity index is 2.88. The molecule has 0 aliphatic carbocycles. The van der Waals surface area contributed by atoms with E-state index >= 15 is 0 Å². The van der Waals surface area contributed by atoms with Gasteiger partial charge in [-0.25, -0.2) is 0 Å². The summed E-state index contributed by atoms with van der Waals surface area (Å²) in [4.78, 5) is 0. The molecule has 0 aromatic heterocycles. The first-order valence-electron chi connectivity index (χ1n) is 3.93. The van der Waals surface area contributed by atoms with Crippen molar-refractivity contribution in [3.05, 3.63) is 13.3 Å². The van der Waals surface area contributed by atoms with Crippen LogP contribution in [0.4, 0.5) is 0 Å². The van der Waals surface area contributed by atoms with E-state index in [1.165, 1.54) is 19.3 Å². The normalized spacial score (nSPS) is 13.7. The second kappa shape index (κ2) is 6.12. The lowest BCUT2D eigenvalue weighted by Gasteiger charge is -2.05. The van der Waals surface area contributed by atoms with Gasteiger partial charge in [0.1, 0.15) is 0 Å². The van der Waals surface area contributed by atoms with Crippen LogP contribution in [0.1, 0.15) is 39.5 Å². The molecule has 0 saturated heterocycles. The zero-order valence-electron chi connectivity index (χ0n) is 6.69. The molecule has 0 spiro atoms. The zero-order chi connectivity index (χ0) is 7.11. The van der Waals surface area contributed by atoms with Gasteiger partial charge in [0.05, 0.1) is 0 Å². The summed E-state index contributed by atoms with van der Waals surface area (Å²) < 4.78 is 0. The Morgan fingerprint density at radius 1 is 1.56 bits per heavy atom. The van der Waals surface area contributed by atoms with Gasteiger partial charge in [-0.1, -0.05) is 40.0 Å². The van der Waals surface area contributed by atoms with E-state index in [0.717, 1.165) is 12.3 Å². The molecule has 1 atom stereocenters. The van der Waals surface area contributed by atoms with Crippen molar-refractivity contribution >= 4 is 0 Å². The van der Waals surface area contributed by atoms with Gasteiger partial charge in [0.25, 0.3) is 0 Å². The van der Waals surface area contributed by atoms with Gasteiger partial charge in [0.15, 0.2) is 0 Å². The molecule has 0 aliphatic heterocycles. The molecular weight excluding hydrogens is 108 g/mol. The van der Waals surface area contributed by atoms with E-state index in [9.17, 15) is 0 Å². The van der Waals surface area contributed by atoms with Crippen LogP contribution in [0.15, 0.2) is 0 Å². The maximum atomic E-state index is 3.79. The second-order valence-corrected chi connectivity index (χ2v) is 2.62. The van der Waals surface area contributed by atoms with Gasteiger partial charge in [-0.3, -0.25) is 0 Å². The maximum Gasteiger partial charge on any atom is -0.0358 e. The topological polar surface area (TPSA) is 0 Å². The molecule has 0 aromatic rings. The van der Waals surface area contributed by atoms with E-state index in [1.807, 2.05) is 0 Å². The highest BCUT2D eigenvalue weighted by atomic mass is 14.0. The first kappa shape index (κ1) is 9.00. The molecule has 9 heavy (non-hydrogen) atoms. The summed E-state index contributed by atoms with van der Waals surface area (Å²) in [5.41, 5.74) is 0. The first-order chi connectivity index (χ1) is 4.31. The van der Waals surface area contributed by atoms with Gasteiger partial charge < -0.3 is 0 Å². The highest BCUT2D eigenvalue weighted by Crippen LogP contribution is 2.09. The van der Waals surface area contributed by atoms with Gasteiger partial charge in [-0.15, -0.1) is 0 Å². The van der Waals surface area contributed by atoms with Crippen LogP contribution in [0.25, 0.3) is 0 Å². The summed E-state index contributed by atoms with van der Waals surface area (Å²) in [6, 6.07) is 0. The molecule has 2 radical (unpaired) electrons. The Kier molecular flexibility index (Phi) is 6.12. The predicted molar refractivity (Wildman–Crippen MR) is 43.0 cm³/mol. The van der Waals surface area contributed by atoms with Crippen LogP contribution in [0.5, 0.6) is 0 Å². The van der Waals surface area contributed by atoms with Crippen molar-refractivity contribution in [3.63, 3.8) is 0 Å². The zero-order valence-corrected chi connectivity index (χ0v) is 6.69. The fourth-order valence-corrected chi connectivity index (χ4v) is 0.713. The summed E-state index contributed by atoms with van der Waals surface area (Å²) in [5.74, 6) is 0.802. The van der Waals surface area contributed by atoms with Gasteiger partial charge in [-0.2, -0.15) is 0 Å². The van der Waals surface area contributed by atoms with Crippen molar-refractivity contribution in [1.82, 2.24) is 0 Å². The lowest BCUT2D eigenvalue weighted by Crippen LogP contribution is -1.91. The van der Waals surface area contributed by atoms with E-state index in [4.69, 9.17) is 0 Å². The molecule has 0 rings (SSSR count). The van der Waals surface area contributed by atoms with Crippen LogP contribution in [-0.2, 0) is 0 Å². The Hall–Kier alpha value is 0. The van der Waals surface area contributed by atoms with Crippen LogP contribution in [0.2, 0.25) is 0 Å². The molecule has 0 aromatic carbocycles. The second-order valence-electron chi connectivity index (χ2n) is 2.62. The summed E-state index contributed by atoms with van der Waals surface area (Å²) >= 11 is 0. The maximum absolute atomic E-state index is 3.79. The minimum absolute atomic E-state index is 0.802. The summed E-state index contributed by atoms with van der Waals surface area (Å²) in [6.07, 6.45) is 7.25. The average Bonchev–Trinajstić information content (AvgIpc) is 1.89. The lowest BCUT2D eigenvalue weighted by molar-refractivity contribution is 0.603. The highest BCUT2D eigenvalue weighted by Gasteiger charge is 1.96. The fraction of sp³-hybridized carbons (Fsp3) is 0.778. The molecule has 0 nitrogen and oxygen atoms in total. The van der Waals surface area contributed by atoms with E-state index in [-0.39, 0.29) is 0 Å². The number of unbranched alkanes of at least 4 members (excludes halogenated alkanes) is 2. The molecule has 0 fully saturated rings. The lowest BCUT2D eigenvalue weighted by atomic mass is 10.0. The standard InChI is InChI=1S/C9H18/c1-4-6-7-8-9(3)5-2/h8-9H,1,4-7H2,2-3H3. The van der Waals surface area contributed by atoms with E-state index in [0.29, 0.717) is 0 Å². The third kappa shape index (κ3) is 5.88. The third-order valence-electron chi connectivity index (χ3n) is 1.67. The van der Waals surface area contributed by atoms with Crippen LogP contribution >= 0.6 is 0 Å². The summed E-state index contributed by atoms with van der Waals surface area (Å²) in [7, 11) is 0. The molecule has 54 valence electrons. The smallest absolute Gasteiger partial charge is 0.0358 e. The molecule has 0 N–H and O–H groups in total. The number of rotatable bonds is 5. The largest absolute Gasteiger partial charge is 0.0651 e. The van der Waals surface area contributed by atoms with E-state index < -0.39 is 0 Å². The first-order valence-corrected chi connectivity index (χ1v) is 3.93. The Morgan fingerprint density at radius 3 is 2.67 bits per heavy atom. The van der Waals surface area contributed by atoms with Crippen molar-refractivity contribution in [1.29, 1.82) is 0 Å². The average molecular weight is 126 g/mol. The van der Waals surface area contributed by atoms with Gasteiger partial charge in [0.2, 0.25) is 0 Å². The predicted octanol–water partition coefficient (Wildman–Crippen LogP) is 3.24. The van der Waals surface area contributed by atoms with Crippen molar-refractivity contribution < 1.29 is 0 Å². The van der Waals surface area contributed by atoms with Crippen LogP contribution in [0, 0.1) is 19.3 Å². The number of hydrogen-bond donors (Lipinski definition) is 0. The minimum Gasteiger partial charge on any atom is -0.0651 e. The van der Waals surface area contributed by atoms with Gasteiger partial charge in [-0.05, 0) is 18.8 Å². The molecule has 0 saturated carbocycles. The van der Waals surface area contributed by atoms with Gasteiger partial charge >= 0.3 is 0 Å². The molecule has 0 heterocycles. The molecule has 1 unspecified atom stereocenters. The van der Waals surface area contributed by atoms with Crippen molar-refractivity contribution in [2.75, 3.05) is 0 Å². The van der Waals surface area contributed by atoms with Gasteiger partial charge in [0, 0.05) is 0 Å². The van der Waals surface area contributed by atoms with E-state index in [2.05, 4.69) is 27.2 Å². The molecule has 0 heteroatoms. The molecular formula is C9H18. The SMILES string of the molecule is [CH2]CCC[CH]C(C)CC. The number of hydrogen-bond acceptors (Lipinski definition) is 0. The third-order valence-corrected chi connectivity index (χ3v) is 1.67. The Bertz CT molecular complexity index is 48.0. The molecule has 0 amide bonds. The molecule has 0 bridgehead atoms. The van der Waals surface area contributed by atoms with Crippen LogP contribution < -0.4 is 0 Å². The highest BCUT2D eigenvalue weighted by molar-refractivity contribution is 4.70. The Labute approximate surface area is 59.7 Å². The fourth-order valence-electron chi connectivity index (χ4n) is 0.713. The van der Waals surface area contributed by atoms with Crippen molar-refractivity contribution in [2.24, 2.45) is 5.92 Å². The minimum atomic E-state index is 0.802. The van der Waals surface area contributed by atoms with Crippen molar-refractivity contribution in [3.8, 4) is 0 Å².